The molecule has 6 heteroatoms. The number of nitro groups is 1. The molecule has 0 amide bonds. The molecule has 0 radical (unpaired) electrons. The van der Waals surface area contributed by atoms with Crippen LogP contribution >= 0.6 is 11.6 Å². The van der Waals surface area contributed by atoms with E-state index in [0.29, 0.717) is 10.8 Å². The minimum Gasteiger partial charge on any atom is -0.340 e. The lowest BCUT2D eigenvalue weighted by atomic mass is 10.3. The van der Waals surface area contributed by atoms with Crippen LogP contribution in [0.15, 0.2) is 42.6 Å². The summed E-state index contributed by atoms with van der Waals surface area (Å²) in [7, 11) is 0. The number of hydrogen-bond donors (Lipinski definition) is 1. The summed E-state index contributed by atoms with van der Waals surface area (Å²) < 4.78 is 0. The zero-order chi connectivity index (χ0) is 12.3. The number of nitrogens with one attached hydrogen (secondary N) is 1. The second-order valence-corrected chi connectivity index (χ2v) is 3.73. The maximum atomic E-state index is 10.4. The first-order chi connectivity index (χ1) is 8.15. The number of anilines is 2. The van der Waals surface area contributed by atoms with Crippen molar-refractivity contribution in [1.29, 1.82) is 0 Å². The molecule has 0 saturated heterocycles. The van der Waals surface area contributed by atoms with Crippen LogP contribution in [0, 0.1) is 10.1 Å². The van der Waals surface area contributed by atoms with Gasteiger partial charge < -0.3 is 5.32 Å². The monoisotopic (exact) mass is 249 g/mol. The van der Waals surface area contributed by atoms with Crippen molar-refractivity contribution in [2.24, 2.45) is 0 Å². The van der Waals surface area contributed by atoms with Crippen LogP contribution in [0.5, 0.6) is 0 Å². The van der Waals surface area contributed by atoms with Gasteiger partial charge in [-0.25, -0.2) is 4.98 Å². The van der Waals surface area contributed by atoms with Crippen LogP contribution in [-0.2, 0) is 0 Å². The summed E-state index contributed by atoms with van der Waals surface area (Å²) in [5.74, 6) is 0.526. The van der Waals surface area contributed by atoms with Crippen molar-refractivity contribution < 1.29 is 4.92 Å². The van der Waals surface area contributed by atoms with Crippen LogP contribution in [0.1, 0.15) is 0 Å². The molecular weight excluding hydrogens is 242 g/mol. The number of halogens is 1. The highest BCUT2D eigenvalue weighted by molar-refractivity contribution is 6.30. The molecule has 0 fully saturated rings. The summed E-state index contributed by atoms with van der Waals surface area (Å²) in [4.78, 5) is 13.9. The van der Waals surface area contributed by atoms with Crippen molar-refractivity contribution in [3.63, 3.8) is 0 Å². The Morgan fingerprint density at radius 3 is 2.71 bits per heavy atom. The quantitative estimate of drug-likeness (QED) is 0.669. The molecule has 0 atom stereocenters. The van der Waals surface area contributed by atoms with Crippen molar-refractivity contribution in [3.8, 4) is 0 Å². The van der Waals surface area contributed by atoms with Crippen LogP contribution < -0.4 is 5.32 Å². The lowest BCUT2D eigenvalue weighted by Gasteiger charge is -2.04. The van der Waals surface area contributed by atoms with E-state index in [2.05, 4.69) is 10.3 Å². The van der Waals surface area contributed by atoms with E-state index in [-0.39, 0.29) is 5.69 Å². The van der Waals surface area contributed by atoms with Gasteiger partial charge in [-0.3, -0.25) is 10.1 Å². The van der Waals surface area contributed by atoms with Gasteiger partial charge in [-0.15, -0.1) is 0 Å². The third kappa shape index (κ3) is 2.92. The molecule has 0 aliphatic rings. The van der Waals surface area contributed by atoms with Gasteiger partial charge in [0.25, 0.3) is 5.69 Å². The molecule has 1 aromatic heterocycles. The summed E-state index contributed by atoms with van der Waals surface area (Å²) in [5, 5.41) is 14.0. The fourth-order valence-corrected chi connectivity index (χ4v) is 1.47. The topological polar surface area (TPSA) is 68.1 Å². The predicted molar refractivity (Wildman–Crippen MR) is 65.6 cm³/mol. The summed E-state index contributed by atoms with van der Waals surface area (Å²) >= 11 is 5.83. The smallest absolute Gasteiger partial charge is 0.287 e. The molecule has 1 N–H and O–H groups in total. The largest absolute Gasteiger partial charge is 0.340 e. The number of aromatic nitrogens is 1. The van der Waals surface area contributed by atoms with Gasteiger partial charge >= 0.3 is 0 Å². The Bertz CT molecular complexity index is 543. The zero-order valence-corrected chi connectivity index (χ0v) is 9.39. The fourth-order valence-electron chi connectivity index (χ4n) is 1.28. The Hall–Kier alpha value is -2.14. The average Bonchev–Trinajstić information content (AvgIpc) is 2.29. The second-order valence-electron chi connectivity index (χ2n) is 3.29. The SMILES string of the molecule is O=[N+]([O-])c1ccc(Nc2cccc(Cl)c2)nc1. The molecule has 0 spiro atoms. The van der Waals surface area contributed by atoms with Crippen molar-refractivity contribution in [2.75, 3.05) is 5.32 Å². The first-order valence-corrected chi connectivity index (χ1v) is 5.16. The van der Waals surface area contributed by atoms with Gasteiger partial charge in [0.1, 0.15) is 12.0 Å². The number of benzene rings is 1. The highest BCUT2D eigenvalue weighted by atomic mass is 35.5. The van der Waals surface area contributed by atoms with Gasteiger partial charge in [0.05, 0.1) is 4.92 Å². The second kappa shape index (κ2) is 4.80. The molecule has 1 heterocycles. The van der Waals surface area contributed by atoms with Crippen LogP contribution in [0.25, 0.3) is 0 Å². The van der Waals surface area contributed by atoms with E-state index >= 15 is 0 Å². The van der Waals surface area contributed by atoms with E-state index in [4.69, 9.17) is 11.6 Å². The van der Waals surface area contributed by atoms with E-state index in [0.717, 1.165) is 5.69 Å². The molecule has 0 bridgehead atoms. The lowest BCUT2D eigenvalue weighted by molar-refractivity contribution is -0.385. The Kier molecular flexibility index (Phi) is 3.20. The highest BCUT2D eigenvalue weighted by Gasteiger charge is 2.05. The average molecular weight is 250 g/mol. The number of nitrogens with zero attached hydrogens (tertiary/aromatic N) is 2. The lowest BCUT2D eigenvalue weighted by Crippen LogP contribution is -1.94. The molecule has 0 aliphatic carbocycles. The summed E-state index contributed by atoms with van der Waals surface area (Å²) in [5.41, 5.74) is 0.737. The standard InChI is InChI=1S/C11H8ClN3O2/c12-8-2-1-3-9(6-8)14-11-5-4-10(7-13-11)15(16)17/h1-7H,(H,13,14). The molecule has 2 aromatic rings. The van der Waals surface area contributed by atoms with Gasteiger partial charge in [0.2, 0.25) is 0 Å². The molecule has 2 rings (SSSR count). The summed E-state index contributed by atoms with van der Waals surface area (Å²) in [6.45, 7) is 0. The molecule has 86 valence electrons. The Morgan fingerprint density at radius 2 is 2.12 bits per heavy atom. The van der Waals surface area contributed by atoms with Crippen molar-refractivity contribution in [2.45, 2.75) is 0 Å². The van der Waals surface area contributed by atoms with Crippen molar-refractivity contribution >= 4 is 28.8 Å². The van der Waals surface area contributed by atoms with Gasteiger partial charge in [0.15, 0.2) is 0 Å². The van der Waals surface area contributed by atoms with Crippen LogP contribution in [0.3, 0.4) is 0 Å². The van der Waals surface area contributed by atoms with Crippen LogP contribution in [0.2, 0.25) is 5.02 Å². The minimum atomic E-state index is -0.490. The highest BCUT2D eigenvalue weighted by Crippen LogP contribution is 2.19. The number of pyridine rings is 1. The fraction of sp³-hybridized carbons (Fsp3) is 0. The van der Waals surface area contributed by atoms with E-state index < -0.39 is 4.92 Å². The molecule has 0 unspecified atom stereocenters. The summed E-state index contributed by atoms with van der Waals surface area (Å²) in [6.07, 6.45) is 1.20. The maximum Gasteiger partial charge on any atom is 0.287 e. The molecular formula is C11H8ClN3O2. The Morgan fingerprint density at radius 1 is 1.29 bits per heavy atom. The molecule has 1 aromatic carbocycles. The predicted octanol–water partition coefficient (Wildman–Crippen LogP) is 3.39. The minimum absolute atomic E-state index is 0.0401. The number of rotatable bonds is 3. The zero-order valence-electron chi connectivity index (χ0n) is 8.63. The number of hydrogen-bond acceptors (Lipinski definition) is 4. The van der Waals surface area contributed by atoms with Gasteiger partial charge in [-0.05, 0) is 24.3 Å². The van der Waals surface area contributed by atoms with Gasteiger partial charge in [-0.2, -0.15) is 0 Å². The Labute approximate surface area is 102 Å². The van der Waals surface area contributed by atoms with E-state index in [1.54, 1.807) is 24.3 Å². The molecule has 0 aliphatic heterocycles. The molecule has 5 nitrogen and oxygen atoms in total. The van der Waals surface area contributed by atoms with Crippen molar-refractivity contribution in [3.05, 3.63) is 57.7 Å². The van der Waals surface area contributed by atoms with E-state index in [1.165, 1.54) is 12.3 Å². The van der Waals surface area contributed by atoms with Gasteiger partial charge in [-0.1, -0.05) is 17.7 Å². The maximum absolute atomic E-state index is 10.4. The van der Waals surface area contributed by atoms with Crippen LogP contribution in [-0.4, -0.2) is 9.91 Å². The van der Waals surface area contributed by atoms with E-state index in [1.807, 2.05) is 6.07 Å². The third-order valence-corrected chi connectivity index (χ3v) is 2.29. The first-order valence-electron chi connectivity index (χ1n) is 4.78. The summed E-state index contributed by atoms with van der Waals surface area (Å²) in [6, 6.07) is 10.1. The normalized spacial score (nSPS) is 9.94. The first kappa shape index (κ1) is 11.3. The molecule has 0 saturated carbocycles. The Balaban J connectivity index is 2.16. The van der Waals surface area contributed by atoms with Gasteiger partial charge in [0, 0.05) is 16.8 Å². The third-order valence-electron chi connectivity index (χ3n) is 2.06. The molecule has 17 heavy (non-hydrogen) atoms. The van der Waals surface area contributed by atoms with Crippen molar-refractivity contribution in [1.82, 2.24) is 4.98 Å². The van der Waals surface area contributed by atoms with Crippen LogP contribution in [0.4, 0.5) is 17.2 Å². The van der Waals surface area contributed by atoms with E-state index in [9.17, 15) is 10.1 Å².